The van der Waals surface area contributed by atoms with Crippen molar-refractivity contribution in [2.45, 2.75) is 57.5 Å². The Morgan fingerprint density at radius 2 is 1.88 bits per heavy atom. The summed E-state index contributed by atoms with van der Waals surface area (Å²) in [7, 11) is 3.25. The van der Waals surface area contributed by atoms with Crippen LogP contribution in [-0.4, -0.2) is 51.9 Å². The zero-order valence-corrected chi connectivity index (χ0v) is 23.6. The average Bonchev–Trinajstić information content (AvgIpc) is 3.49. The Labute approximate surface area is 235 Å². The largest absolute Gasteiger partial charge is 0.497 e. The van der Waals surface area contributed by atoms with Crippen molar-refractivity contribution in [3.8, 4) is 17.2 Å². The third-order valence-electron chi connectivity index (χ3n) is 7.88. The summed E-state index contributed by atoms with van der Waals surface area (Å²) < 4.78 is 28.5. The van der Waals surface area contributed by atoms with E-state index < -0.39 is 11.9 Å². The van der Waals surface area contributed by atoms with Crippen molar-refractivity contribution >= 4 is 11.8 Å². The first kappa shape index (κ1) is 27.8. The number of rotatable bonds is 9. The van der Waals surface area contributed by atoms with Crippen LogP contribution in [0.2, 0.25) is 0 Å². The molecule has 8 nitrogen and oxygen atoms in total. The van der Waals surface area contributed by atoms with E-state index in [9.17, 15) is 9.59 Å². The lowest BCUT2D eigenvalue weighted by Gasteiger charge is -2.37. The van der Waals surface area contributed by atoms with Crippen LogP contribution in [0.5, 0.6) is 17.2 Å². The molecular weight excluding hydrogens is 510 g/mol. The number of allylic oxidation sites excluding steroid dienone is 3. The zero-order valence-electron chi connectivity index (χ0n) is 23.6. The molecule has 1 aliphatic carbocycles. The van der Waals surface area contributed by atoms with E-state index in [0.29, 0.717) is 53.7 Å². The predicted molar refractivity (Wildman–Crippen MR) is 150 cm³/mol. The lowest BCUT2D eigenvalue weighted by atomic mass is 9.71. The Balaban J connectivity index is 1.55. The van der Waals surface area contributed by atoms with Gasteiger partial charge in [0.25, 0.3) is 0 Å². The summed E-state index contributed by atoms with van der Waals surface area (Å²) in [6.07, 6.45) is 2.57. The zero-order chi connectivity index (χ0) is 28.2. The molecule has 212 valence electrons. The Kier molecular flexibility index (Phi) is 8.45. The summed E-state index contributed by atoms with van der Waals surface area (Å²) in [4.78, 5) is 27.7. The fraction of sp³-hybridized carbons (Fsp3) is 0.438. The summed E-state index contributed by atoms with van der Waals surface area (Å²) in [6, 6.07) is 13.2. The summed E-state index contributed by atoms with van der Waals surface area (Å²) in [5.74, 6) is 0.844. The van der Waals surface area contributed by atoms with Crippen LogP contribution in [0, 0.1) is 0 Å². The van der Waals surface area contributed by atoms with Gasteiger partial charge in [0.15, 0.2) is 5.78 Å². The highest BCUT2D eigenvalue weighted by atomic mass is 16.6. The number of dihydropyridines is 1. The monoisotopic (exact) mass is 547 g/mol. The number of Topliss-reactive ketones (excluding diaryl/α,β-unsaturated/α-hetero) is 1. The van der Waals surface area contributed by atoms with E-state index in [-0.39, 0.29) is 30.8 Å². The van der Waals surface area contributed by atoms with Gasteiger partial charge in [0.1, 0.15) is 23.9 Å². The molecule has 0 unspecified atom stereocenters. The molecule has 0 aromatic heterocycles. The van der Waals surface area contributed by atoms with E-state index >= 15 is 0 Å². The Hall–Kier alpha value is -3.78. The van der Waals surface area contributed by atoms with Crippen molar-refractivity contribution in [1.82, 2.24) is 5.32 Å². The lowest BCUT2D eigenvalue weighted by molar-refractivity contribution is -0.142. The van der Waals surface area contributed by atoms with Gasteiger partial charge in [-0.05, 0) is 57.4 Å². The normalized spacial score (nSPS) is 22.5. The summed E-state index contributed by atoms with van der Waals surface area (Å²) in [5.41, 5.74) is 4.16. The number of benzene rings is 2. The van der Waals surface area contributed by atoms with Crippen LogP contribution in [0.1, 0.15) is 62.5 Å². The number of esters is 1. The van der Waals surface area contributed by atoms with Crippen LogP contribution in [0.4, 0.5) is 0 Å². The van der Waals surface area contributed by atoms with Crippen LogP contribution >= 0.6 is 0 Å². The predicted octanol–water partition coefficient (Wildman–Crippen LogP) is 5.19. The highest BCUT2D eigenvalue weighted by molar-refractivity contribution is 6.04. The van der Waals surface area contributed by atoms with Crippen LogP contribution in [0.25, 0.3) is 0 Å². The number of ether oxygens (including phenoxy) is 5. The van der Waals surface area contributed by atoms with Gasteiger partial charge >= 0.3 is 5.97 Å². The highest BCUT2D eigenvalue weighted by Gasteiger charge is 2.43. The molecule has 8 heteroatoms. The van der Waals surface area contributed by atoms with Crippen molar-refractivity contribution in [2.24, 2.45) is 0 Å². The van der Waals surface area contributed by atoms with Crippen LogP contribution < -0.4 is 19.5 Å². The maximum atomic E-state index is 14.1. The molecule has 0 bridgehead atoms. The molecule has 2 aromatic rings. The van der Waals surface area contributed by atoms with Crippen LogP contribution in [0.15, 0.2) is 65.0 Å². The van der Waals surface area contributed by atoms with Gasteiger partial charge in [0.05, 0.1) is 38.4 Å². The molecule has 2 aliphatic heterocycles. The molecule has 3 aliphatic rings. The SMILES string of the molecule is CCOc1ccccc1[C@@H]1C(C(=O)OC[C@H]2CCCO2)=C(C)NC2=C1C(=O)C[C@@H](c1cc(OC)ccc1OC)C2. The van der Waals surface area contributed by atoms with Gasteiger partial charge in [-0.2, -0.15) is 0 Å². The number of ketones is 1. The fourth-order valence-corrected chi connectivity index (χ4v) is 6.03. The molecule has 0 spiro atoms. The average molecular weight is 548 g/mol. The Bertz CT molecular complexity index is 1340. The number of hydrogen-bond acceptors (Lipinski definition) is 8. The molecule has 3 atom stereocenters. The van der Waals surface area contributed by atoms with E-state index in [1.807, 2.05) is 56.3 Å². The van der Waals surface area contributed by atoms with Gasteiger partial charge in [-0.3, -0.25) is 4.79 Å². The maximum Gasteiger partial charge on any atom is 0.336 e. The quantitative estimate of drug-likeness (QED) is 0.429. The Morgan fingerprint density at radius 3 is 2.60 bits per heavy atom. The Morgan fingerprint density at radius 1 is 1.05 bits per heavy atom. The smallest absolute Gasteiger partial charge is 0.336 e. The molecule has 1 N–H and O–H groups in total. The van der Waals surface area contributed by atoms with Gasteiger partial charge in [0, 0.05) is 47.0 Å². The summed E-state index contributed by atoms with van der Waals surface area (Å²) in [6.45, 7) is 5.11. The lowest BCUT2D eigenvalue weighted by Crippen LogP contribution is -2.36. The van der Waals surface area contributed by atoms with Gasteiger partial charge in [-0.1, -0.05) is 18.2 Å². The van der Waals surface area contributed by atoms with Crippen molar-refractivity contribution in [2.75, 3.05) is 34.0 Å². The minimum atomic E-state index is -0.614. The summed E-state index contributed by atoms with van der Waals surface area (Å²) >= 11 is 0. The second-order valence-corrected chi connectivity index (χ2v) is 10.3. The van der Waals surface area contributed by atoms with Gasteiger partial charge in [0.2, 0.25) is 0 Å². The van der Waals surface area contributed by atoms with Crippen LogP contribution in [0.3, 0.4) is 0 Å². The third kappa shape index (κ3) is 5.45. The third-order valence-corrected chi connectivity index (χ3v) is 7.88. The molecule has 40 heavy (non-hydrogen) atoms. The molecule has 1 saturated heterocycles. The van der Waals surface area contributed by atoms with Crippen molar-refractivity contribution < 1.29 is 33.3 Å². The molecule has 2 heterocycles. The van der Waals surface area contributed by atoms with Crippen molar-refractivity contribution in [3.63, 3.8) is 0 Å². The molecule has 1 fully saturated rings. The van der Waals surface area contributed by atoms with Crippen molar-refractivity contribution in [1.29, 1.82) is 0 Å². The topological polar surface area (TPSA) is 92.3 Å². The minimum absolute atomic E-state index is 0.0307. The van der Waals surface area contributed by atoms with Gasteiger partial charge in [-0.15, -0.1) is 0 Å². The van der Waals surface area contributed by atoms with Crippen LogP contribution in [-0.2, 0) is 19.1 Å². The summed E-state index contributed by atoms with van der Waals surface area (Å²) in [5, 5.41) is 3.42. The van der Waals surface area contributed by atoms with E-state index in [2.05, 4.69) is 5.32 Å². The number of para-hydroxylation sites is 1. The number of carbonyl (C=O) groups excluding carboxylic acids is 2. The molecular formula is C32H37NO7. The van der Waals surface area contributed by atoms with Gasteiger partial charge in [-0.25, -0.2) is 4.79 Å². The molecule has 2 aromatic carbocycles. The van der Waals surface area contributed by atoms with E-state index in [0.717, 1.165) is 29.7 Å². The molecule has 0 amide bonds. The molecule has 5 rings (SSSR count). The van der Waals surface area contributed by atoms with E-state index in [1.165, 1.54) is 0 Å². The van der Waals surface area contributed by atoms with Gasteiger partial charge < -0.3 is 29.0 Å². The second-order valence-electron chi connectivity index (χ2n) is 10.3. The fourth-order valence-electron chi connectivity index (χ4n) is 6.03. The number of methoxy groups -OCH3 is 2. The van der Waals surface area contributed by atoms with E-state index in [1.54, 1.807) is 14.2 Å². The van der Waals surface area contributed by atoms with Crippen molar-refractivity contribution in [3.05, 3.63) is 76.1 Å². The second kappa shape index (κ2) is 12.2. The van der Waals surface area contributed by atoms with E-state index in [4.69, 9.17) is 23.7 Å². The molecule has 0 radical (unpaired) electrons. The number of hydrogen-bond donors (Lipinski definition) is 1. The number of nitrogens with one attached hydrogen (secondary N) is 1. The molecule has 0 saturated carbocycles. The standard InChI is InChI=1S/C32H37NO7/c1-5-38-28-11-7-6-10-23(28)30-29(32(35)40-18-22-9-8-14-39-22)19(2)33-25-15-20(16-26(34)31(25)30)24-17-21(36-3)12-13-27(24)37-4/h6-7,10-13,17,20,22,30,33H,5,8-9,14-16,18H2,1-4H3/t20-,22+,30+/m0/s1. The number of carbonyl (C=O) groups is 2. The minimum Gasteiger partial charge on any atom is -0.497 e. The first-order valence-electron chi connectivity index (χ1n) is 13.9. The first-order chi connectivity index (χ1) is 19.4. The highest BCUT2D eigenvalue weighted by Crippen LogP contribution is 2.49. The first-order valence-corrected chi connectivity index (χ1v) is 13.9. The maximum absolute atomic E-state index is 14.1.